The van der Waals surface area contributed by atoms with E-state index in [0.717, 1.165) is 54.4 Å². The summed E-state index contributed by atoms with van der Waals surface area (Å²) in [7, 11) is 0. The van der Waals surface area contributed by atoms with E-state index < -0.39 is 18.4 Å². The number of hydrogen-bond donors (Lipinski definition) is 1. The van der Waals surface area contributed by atoms with Gasteiger partial charge in [0.1, 0.15) is 6.10 Å². The molecule has 0 amide bonds. The molecule has 6 rings (SSSR count). The number of fused-ring (bicyclic) bond motifs is 1. The summed E-state index contributed by atoms with van der Waals surface area (Å²) in [6, 6.07) is 21.5. The zero-order valence-electron chi connectivity index (χ0n) is 25.1. The summed E-state index contributed by atoms with van der Waals surface area (Å²) in [5.74, 6) is -0.110. The summed E-state index contributed by atoms with van der Waals surface area (Å²) in [6.45, 7) is 4.25. The van der Waals surface area contributed by atoms with Crippen LogP contribution in [0.25, 0.3) is 33.5 Å². The minimum absolute atomic E-state index is 0.153. The number of esters is 1. The summed E-state index contributed by atoms with van der Waals surface area (Å²) in [5.41, 5.74) is 5.52. The van der Waals surface area contributed by atoms with Gasteiger partial charge in [0.2, 0.25) is 12.1 Å². The summed E-state index contributed by atoms with van der Waals surface area (Å²) in [4.78, 5) is 29.9. The summed E-state index contributed by atoms with van der Waals surface area (Å²) < 4.78 is 23.7. The van der Waals surface area contributed by atoms with Crippen molar-refractivity contribution < 1.29 is 28.5 Å². The minimum Gasteiger partial charge on any atom is -0.465 e. The fourth-order valence-electron chi connectivity index (χ4n) is 5.52. The highest BCUT2D eigenvalue weighted by atomic mass is 16.8. The normalized spacial score (nSPS) is 14.2. The first kappa shape index (κ1) is 29.8. The quantitative estimate of drug-likeness (QED) is 0.141. The first-order valence-corrected chi connectivity index (χ1v) is 15.1. The third-order valence-electron chi connectivity index (χ3n) is 7.69. The Hall–Kier alpha value is -5.26. The molecule has 3 aromatic carbocycles. The average Bonchev–Trinajstić information content (AvgIpc) is 3.70. The van der Waals surface area contributed by atoms with Gasteiger partial charge >= 0.3 is 12.1 Å². The molecule has 0 spiro atoms. The lowest BCUT2D eigenvalue weighted by atomic mass is 9.98. The number of nitrogens with one attached hydrogen (secondary N) is 1. The number of benzene rings is 3. The Morgan fingerprint density at radius 1 is 0.978 bits per heavy atom. The van der Waals surface area contributed by atoms with E-state index in [-0.39, 0.29) is 11.7 Å². The Bertz CT molecular complexity index is 1760. The molecule has 12 heteroatoms. The van der Waals surface area contributed by atoms with Crippen LogP contribution in [-0.2, 0) is 20.8 Å². The van der Waals surface area contributed by atoms with Crippen molar-refractivity contribution in [1.82, 2.24) is 30.2 Å². The molecule has 45 heavy (non-hydrogen) atoms. The van der Waals surface area contributed by atoms with Crippen LogP contribution in [0, 0.1) is 0 Å². The minimum atomic E-state index is -1.11. The number of imidazole rings is 1. The molecule has 232 valence electrons. The van der Waals surface area contributed by atoms with Gasteiger partial charge in [0.25, 0.3) is 6.01 Å². The molecule has 1 unspecified atom stereocenters. The van der Waals surface area contributed by atoms with Gasteiger partial charge in [0, 0.05) is 12.5 Å². The average molecular weight is 611 g/mol. The standard InChI is InChI=1S/C33H34N6O6/c1-3-42-32-34-28-18-17-24(31(40)43-21(2)44-33(41)45-25-9-5-4-6-10-25)19-29(28)39(32)20-22-13-15-23(16-14-22)26-11-7-8-12-27(26)30-35-37-38-36-30/h7-8,11-19,21,25H,3-6,9-10,20H2,1-2H3,(H,35,36,37,38). The van der Waals surface area contributed by atoms with Crippen molar-refractivity contribution in [2.24, 2.45) is 0 Å². The van der Waals surface area contributed by atoms with Crippen molar-refractivity contribution in [1.29, 1.82) is 0 Å². The molecule has 1 aliphatic carbocycles. The van der Waals surface area contributed by atoms with Crippen molar-refractivity contribution in [2.75, 3.05) is 6.61 Å². The SMILES string of the molecule is CCOc1nc2ccc(C(=O)OC(C)OC(=O)OC3CCCCC3)cc2n1Cc1ccc(-c2ccccc2-c2nn[nH]n2)cc1. The van der Waals surface area contributed by atoms with Gasteiger partial charge in [-0.25, -0.2) is 9.59 Å². The smallest absolute Gasteiger partial charge is 0.465 e. The van der Waals surface area contributed by atoms with Crippen molar-refractivity contribution in [3.05, 3.63) is 77.9 Å². The van der Waals surface area contributed by atoms with Crippen LogP contribution < -0.4 is 4.74 Å². The van der Waals surface area contributed by atoms with Gasteiger partial charge in [0.05, 0.1) is 29.7 Å². The van der Waals surface area contributed by atoms with Gasteiger partial charge < -0.3 is 18.9 Å². The number of aromatic nitrogens is 6. The maximum atomic E-state index is 13.0. The fourth-order valence-corrected chi connectivity index (χ4v) is 5.52. The Labute approximate surface area is 259 Å². The van der Waals surface area contributed by atoms with E-state index in [1.54, 1.807) is 18.2 Å². The van der Waals surface area contributed by atoms with Gasteiger partial charge in [-0.05, 0) is 72.7 Å². The molecule has 0 radical (unpaired) electrons. The highest BCUT2D eigenvalue weighted by Gasteiger charge is 2.23. The summed E-state index contributed by atoms with van der Waals surface area (Å²) >= 11 is 0. The number of hydrogen-bond acceptors (Lipinski definition) is 10. The third-order valence-corrected chi connectivity index (χ3v) is 7.69. The number of H-pyrrole nitrogens is 1. The third kappa shape index (κ3) is 6.95. The number of nitrogens with zero attached hydrogens (tertiary/aromatic N) is 5. The Kier molecular flexibility index (Phi) is 8.99. The molecule has 5 aromatic rings. The highest BCUT2D eigenvalue weighted by Crippen LogP contribution is 2.31. The molecule has 1 fully saturated rings. The first-order valence-electron chi connectivity index (χ1n) is 15.1. The van der Waals surface area contributed by atoms with E-state index in [0.29, 0.717) is 36.0 Å². The van der Waals surface area contributed by atoms with Gasteiger partial charge in [0.15, 0.2) is 0 Å². The van der Waals surface area contributed by atoms with E-state index in [1.807, 2.05) is 60.0 Å². The lowest BCUT2D eigenvalue weighted by Gasteiger charge is -2.22. The van der Waals surface area contributed by atoms with E-state index >= 15 is 0 Å². The van der Waals surface area contributed by atoms with Crippen LogP contribution in [0.1, 0.15) is 61.9 Å². The predicted molar refractivity (Wildman–Crippen MR) is 164 cm³/mol. The van der Waals surface area contributed by atoms with Crippen molar-refractivity contribution in [2.45, 2.75) is 64.9 Å². The molecular formula is C33H34N6O6. The summed E-state index contributed by atoms with van der Waals surface area (Å²) in [5, 5.41) is 14.5. The Balaban J connectivity index is 1.18. The van der Waals surface area contributed by atoms with Crippen LogP contribution >= 0.6 is 0 Å². The molecule has 1 atom stereocenters. The van der Waals surface area contributed by atoms with Crippen LogP contribution in [0.3, 0.4) is 0 Å². The summed E-state index contributed by atoms with van der Waals surface area (Å²) in [6.07, 6.45) is 2.73. The number of rotatable bonds is 10. The maximum Gasteiger partial charge on any atom is 0.511 e. The first-order chi connectivity index (χ1) is 22.0. The zero-order chi connectivity index (χ0) is 31.2. The highest BCUT2D eigenvalue weighted by molar-refractivity contribution is 5.94. The van der Waals surface area contributed by atoms with Gasteiger partial charge in [-0.15, -0.1) is 10.2 Å². The largest absolute Gasteiger partial charge is 0.511 e. The number of ether oxygens (including phenoxy) is 4. The molecule has 1 saturated carbocycles. The second-order valence-electron chi connectivity index (χ2n) is 10.8. The number of tetrazole rings is 1. The van der Waals surface area contributed by atoms with Crippen molar-refractivity contribution in [3.8, 4) is 28.5 Å². The number of carbonyl (C=O) groups excluding carboxylic acids is 2. The molecule has 0 aliphatic heterocycles. The van der Waals surface area contributed by atoms with E-state index in [1.165, 1.54) is 6.92 Å². The molecule has 2 aromatic heterocycles. The van der Waals surface area contributed by atoms with Crippen LogP contribution in [0.15, 0.2) is 66.7 Å². The second-order valence-corrected chi connectivity index (χ2v) is 10.8. The molecular weight excluding hydrogens is 576 g/mol. The monoisotopic (exact) mass is 610 g/mol. The van der Waals surface area contributed by atoms with Crippen LogP contribution in [0.2, 0.25) is 0 Å². The van der Waals surface area contributed by atoms with E-state index in [9.17, 15) is 9.59 Å². The fraction of sp³-hybridized carbons (Fsp3) is 0.333. The Morgan fingerprint density at radius 3 is 2.49 bits per heavy atom. The van der Waals surface area contributed by atoms with Crippen LogP contribution in [0.4, 0.5) is 4.79 Å². The van der Waals surface area contributed by atoms with E-state index in [2.05, 4.69) is 25.6 Å². The molecule has 1 N–H and O–H groups in total. The number of carbonyl (C=O) groups is 2. The Morgan fingerprint density at radius 2 is 1.76 bits per heavy atom. The molecule has 0 bridgehead atoms. The molecule has 12 nitrogen and oxygen atoms in total. The van der Waals surface area contributed by atoms with Gasteiger partial charge in [-0.3, -0.25) is 4.57 Å². The van der Waals surface area contributed by atoms with Crippen molar-refractivity contribution >= 4 is 23.2 Å². The predicted octanol–water partition coefficient (Wildman–Crippen LogP) is 6.32. The van der Waals surface area contributed by atoms with Gasteiger partial charge in [-0.2, -0.15) is 10.2 Å². The van der Waals surface area contributed by atoms with E-state index in [4.69, 9.17) is 18.9 Å². The lowest BCUT2D eigenvalue weighted by molar-refractivity contribution is -0.0914. The van der Waals surface area contributed by atoms with Crippen LogP contribution in [0.5, 0.6) is 6.01 Å². The number of aromatic amines is 1. The zero-order valence-corrected chi connectivity index (χ0v) is 25.1. The topological polar surface area (TPSA) is 143 Å². The van der Waals surface area contributed by atoms with Gasteiger partial charge in [-0.1, -0.05) is 55.0 Å². The van der Waals surface area contributed by atoms with Crippen molar-refractivity contribution in [3.63, 3.8) is 0 Å². The second kappa shape index (κ2) is 13.6. The molecule has 1 aliphatic rings. The lowest BCUT2D eigenvalue weighted by Crippen LogP contribution is -2.26. The van der Waals surface area contributed by atoms with Crippen LogP contribution in [-0.4, -0.2) is 61.3 Å². The maximum absolute atomic E-state index is 13.0. The molecule has 2 heterocycles. The molecule has 0 saturated heterocycles.